The number of thiazole rings is 1. The van der Waals surface area contributed by atoms with Gasteiger partial charge in [-0.2, -0.15) is 0 Å². The maximum atomic E-state index is 11.0. The zero-order valence-corrected chi connectivity index (χ0v) is 11.4. The van der Waals surface area contributed by atoms with E-state index in [2.05, 4.69) is 10.3 Å². The van der Waals surface area contributed by atoms with Crippen LogP contribution in [0.5, 0.6) is 0 Å². The molecule has 100 valence electrons. The number of nitrogens with zero attached hydrogens (tertiary/aromatic N) is 2. The summed E-state index contributed by atoms with van der Waals surface area (Å²) in [7, 11) is 0. The molecule has 1 aromatic carbocycles. The Bertz CT molecular complexity index is 543. The van der Waals surface area contributed by atoms with Gasteiger partial charge in [0.15, 0.2) is 0 Å². The summed E-state index contributed by atoms with van der Waals surface area (Å²) in [6.45, 7) is 2.83. The normalized spacial score (nSPS) is 12.3. The van der Waals surface area contributed by atoms with E-state index in [4.69, 9.17) is 0 Å². The molecule has 1 atom stereocenters. The van der Waals surface area contributed by atoms with E-state index in [-0.39, 0.29) is 16.7 Å². The van der Waals surface area contributed by atoms with Crippen molar-refractivity contribution in [2.75, 3.05) is 6.54 Å². The summed E-state index contributed by atoms with van der Waals surface area (Å²) in [5.74, 6) is 0. The van der Waals surface area contributed by atoms with Gasteiger partial charge in [-0.15, -0.1) is 11.3 Å². The van der Waals surface area contributed by atoms with Gasteiger partial charge in [-0.1, -0.05) is 25.1 Å². The molecule has 6 heteroatoms. The van der Waals surface area contributed by atoms with Crippen molar-refractivity contribution in [1.82, 2.24) is 10.3 Å². The maximum Gasteiger partial charge on any atom is 0.272 e. The van der Waals surface area contributed by atoms with Crippen molar-refractivity contribution in [3.63, 3.8) is 0 Å². The molecular weight excluding hydrogens is 262 g/mol. The van der Waals surface area contributed by atoms with Crippen LogP contribution in [0.3, 0.4) is 0 Å². The fourth-order valence-corrected chi connectivity index (χ4v) is 2.70. The lowest BCUT2D eigenvalue weighted by atomic mass is 10.0. The van der Waals surface area contributed by atoms with E-state index in [0.29, 0.717) is 6.42 Å². The third kappa shape index (κ3) is 3.36. The summed E-state index contributed by atoms with van der Waals surface area (Å²) in [5.41, 5.74) is 2.70. The van der Waals surface area contributed by atoms with Gasteiger partial charge in [-0.05, 0) is 13.0 Å². The van der Waals surface area contributed by atoms with Gasteiger partial charge in [-0.3, -0.25) is 15.1 Å². The Hall–Kier alpha value is -1.79. The molecule has 0 aliphatic rings. The number of benzene rings is 1. The van der Waals surface area contributed by atoms with Crippen molar-refractivity contribution < 1.29 is 4.92 Å². The maximum absolute atomic E-state index is 11.0. The predicted molar refractivity (Wildman–Crippen MR) is 75.3 cm³/mol. The lowest BCUT2D eigenvalue weighted by Crippen LogP contribution is -2.22. The first-order chi connectivity index (χ1) is 9.22. The van der Waals surface area contributed by atoms with E-state index in [1.54, 1.807) is 29.0 Å². The minimum Gasteiger partial charge on any atom is -0.309 e. The average molecular weight is 277 g/mol. The SMILES string of the molecule is CCNC(Cc1ccccc1[N+](=O)[O-])c1cncs1. The van der Waals surface area contributed by atoms with E-state index in [1.165, 1.54) is 0 Å². The number of para-hydroxylation sites is 1. The van der Waals surface area contributed by atoms with Crippen LogP contribution in [0.15, 0.2) is 36.0 Å². The lowest BCUT2D eigenvalue weighted by molar-refractivity contribution is -0.385. The monoisotopic (exact) mass is 277 g/mol. The highest BCUT2D eigenvalue weighted by Gasteiger charge is 2.19. The number of rotatable bonds is 6. The predicted octanol–water partition coefficient (Wildman–Crippen LogP) is 2.94. The number of hydrogen-bond acceptors (Lipinski definition) is 5. The van der Waals surface area contributed by atoms with Crippen LogP contribution in [0.25, 0.3) is 0 Å². The Morgan fingerprint density at radius 3 is 2.89 bits per heavy atom. The molecule has 1 heterocycles. The first-order valence-electron chi connectivity index (χ1n) is 6.06. The number of likely N-dealkylation sites (N-methyl/N-ethyl adjacent to an activating group) is 1. The van der Waals surface area contributed by atoms with Crippen LogP contribution in [-0.4, -0.2) is 16.5 Å². The molecule has 2 rings (SSSR count). The largest absolute Gasteiger partial charge is 0.309 e. The minimum absolute atomic E-state index is 0.0681. The van der Waals surface area contributed by atoms with Crippen LogP contribution < -0.4 is 5.32 Å². The van der Waals surface area contributed by atoms with Gasteiger partial charge in [0, 0.05) is 28.7 Å². The molecule has 0 amide bonds. The standard InChI is InChI=1S/C13H15N3O2S/c1-2-15-11(13-8-14-9-19-13)7-10-5-3-4-6-12(10)16(17)18/h3-6,8-9,11,15H,2,7H2,1H3. The summed E-state index contributed by atoms with van der Waals surface area (Å²) in [6.07, 6.45) is 2.40. The number of nitrogens with one attached hydrogen (secondary N) is 1. The molecule has 1 unspecified atom stereocenters. The van der Waals surface area contributed by atoms with Gasteiger partial charge >= 0.3 is 0 Å². The summed E-state index contributed by atoms with van der Waals surface area (Å²) < 4.78 is 0. The van der Waals surface area contributed by atoms with E-state index in [1.807, 2.05) is 25.3 Å². The fourth-order valence-electron chi connectivity index (χ4n) is 2.00. The number of nitro groups is 1. The first-order valence-corrected chi connectivity index (χ1v) is 6.94. The van der Waals surface area contributed by atoms with Gasteiger partial charge in [0.1, 0.15) is 0 Å². The van der Waals surface area contributed by atoms with Gasteiger partial charge in [0.25, 0.3) is 5.69 Å². The van der Waals surface area contributed by atoms with Crippen LogP contribution in [0.1, 0.15) is 23.4 Å². The van der Waals surface area contributed by atoms with Gasteiger partial charge in [-0.25, -0.2) is 0 Å². The van der Waals surface area contributed by atoms with Crippen molar-refractivity contribution in [3.05, 3.63) is 56.5 Å². The van der Waals surface area contributed by atoms with Crippen molar-refractivity contribution in [1.29, 1.82) is 0 Å². The van der Waals surface area contributed by atoms with Crippen LogP contribution >= 0.6 is 11.3 Å². The van der Waals surface area contributed by atoms with Gasteiger partial charge < -0.3 is 5.32 Å². The molecular formula is C13H15N3O2S. The van der Waals surface area contributed by atoms with Crippen molar-refractivity contribution >= 4 is 17.0 Å². The Morgan fingerprint density at radius 1 is 1.47 bits per heavy atom. The molecule has 1 aromatic heterocycles. The Kier molecular flexibility index (Phi) is 4.59. The van der Waals surface area contributed by atoms with E-state index >= 15 is 0 Å². The van der Waals surface area contributed by atoms with Gasteiger partial charge in [0.2, 0.25) is 0 Å². The molecule has 0 spiro atoms. The van der Waals surface area contributed by atoms with Crippen LogP contribution in [-0.2, 0) is 6.42 Å². The van der Waals surface area contributed by atoms with Crippen LogP contribution in [0.2, 0.25) is 0 Å². The molecule has 19 heavy (non-hydrogen) atoms. The molecule has 1 N–H and O–H groups in total. The van der Waals surface area contributed by atoms with E-state index in [0.717, 1.165) is 17.0 Å². The second-order valence-electron chi connectivity index (χ2n) is 4.10. The smallest absolute Gasteiger partial charge is 0.272 e. The third-order valence-electron chi connectivity index (χ3n) is 2.86. The van der Waals surface area contributed by atoms with Crippen LogP contribution in [0.4, 0.5) is 5.69 Å². The molecule has 0 fully saturated rings. The molecule has 0 saturated heterocycles. The molecule has 0 radical (unpaired) electrons. The molecule has 0 bridgehead atoms. The average Bonchev–Trinajstić information content (AvgIpc) is 2.92. The highest BCUT2D eigenvalue weighted by Crippen LogP contribution is 2.26. The van der Waals surface area contributed by atoms with Crippen molar-refractivity contribution in [2.24, 2.45) is 0 Å². The number of nitro benzene ring substituents is 1. The summed E-state index contributed by atoms with van der Waals surface area (Å²) in [6, 6.07) is 6.95. The number of aromatic nitrogens is 1. The fraction of sp³-hybridized carbons (Fsp3) is 0.308. The topological polar surface area (TPSA) is 68.1 Å². The summed E-state index contributed by atoms with van der Waals surface area (Å²) >= 11 is 1.56. The molecule has 2 aromatic rings. The molecule has 0 aliphatic carbocycles. The summed E-state index contributed by atoms with van der Waals surface area (Å²) in [5, 5.41) is 14.4. The van der Waals surface area contributed by atoms with Crippen LogP contribution in [0, 0.1) is 10.1 Å². The highest BCUT2D eigenvalue weighted by atomic mass is 32.1. The van der Waals surface area contributed by atoms with E-state index in [9.17, 15) is 10.1 Å². The van der Waals surface area contributed by atoms with Gasteiger partial charge in [0.05, 0.1) is 10.4 Å². The second-order valence-corrected chi connectivity index (χ2v) is 5.02. The molecule has 5 nitrogen and oxygen atoms in total. The first kappa shape index (κ1) is 13.6. The molecule has 0 saturated carbocycles. The van der Waals surface area contributed by atoms with E-state index < -0.39 is 0 Å². The minimum atomic E-state index is -0.328. The zero-order chi connectivity index (χ0) is 13.7. The van der Waals surface area contributed by atoms with Crippen molar-refractivity contribution in [3.8, 4) is 0 Å². The highest BCUT2D eigenvalue weighted by molar-refractivity contribution is 7.09. The van der Waals surface area contributed by atoms with Crippen molar-refractivity contribution in [2.45, 2.75) is 19.4 Å². The Balaban J connectivity index is 2.25. The lowest BCUT2D eigenvalue weighted by Gasteiger charge is -2.15. The Labute approximate surface area is 115 Å². The quantitative estimate of drug-likeness (QED) is 0.651. The Morgan fingerprint density at radius 2 is 2.26 bits per heavy atom. The third-order valence-corrected chi connectivity index (χ3v) is 3.75. The zero-order valence-electron chi connectivity index (χ0n) is 10.6. The number of hydrogen-bond donors (Lipinski definition) is 1. The summed E-state index contributed by atoms with van der Waals surface area (Å²) in [4.78, 5) is 15.9. The second kappa shape index (κ2) is 6.40. The molecule has 0 aliphatic heterocycles.